The number of rotatable bonds is 5. The van der Waals surface area contributed by atoms with Gasteiger partial charge in [0.25, 0.3) is 0 Å². The molecule has 1 aliphatic rings. The summed E-state index contributed by atoms with van der Waals surface area (Å²) >= 11 is 0. The highest BCUT2D eigenvalue weighted by Crippen LogP contribution is 2.39. The van der Waals surface area contributed by atoms with Crippen LogP contribution in [0.15, 0.2) is 12.7 Å². The molecule has 3 nitrogen and oxygen atoms in total. The van der Waals surface area contributed by atoms with Crippen LogP contribution in [-0.2, 0) is 9.16 Å². The highest BCUT2D eigenvalue weighted by Gasteiger charge is 2.42. The van der Waals surface area contributed by atoms with Gasteiger partial charge in [0.15, 0.2) is 8.32 Å². The summed E-state index contributed by atoms with van der Waals surface area (Å²) in [5.41, 5.74) is 0. The zero-order valence-corrected chi connectivity index (χ0v) is 14.1. The summed E-state index contributed by atoms with van der Waals surface area (Å²) in [5.74, 6) is 0. The summed E-state index contributed by atoms with van der Waals surface area (Å²) in [6.07, 6.45) is 3.59. The molecule has 1 aliphatic heterocycles. The Bertz CT molecular complexity index is 296. The Hall–Kier alpha value is -0.163. The van der Waals surface area contributed by atoms with Gasteiger partial charge >= 0.3 is 0 Å². The Morgan fingerprint density at radius 3 is 2.63 bits per heavy atom. The van der Waals surface area contributed by atoms with Crippen molar-refractivity contribution in [3.05, 3.63) is 12.7 Å². The first-order valence-electron chi connectivity index (χ1n) is 7.27. The second-order valence-electron chi connectivity index (χ2n) is 6.99. The van der Waals surface area contributed by atoms with Crippen molar-refractivity contribution in [1.29, 1.82) is 0 Å². The lowest BCUT2D eigenvalue weighted by molar-refractivity contribution is -0.120. The zero-order chi connectivity index (χ0) is 14.7. The number of ether oxygens (including phenoxy) is 1. The van der Waals surface area contributed by atoms with Crippen LogP contribution in [0.3, 0.4) is 0 Å². The van der Waals surface area contributed by atoms with Crippen molar-refractivity contribution in [2.75, 3.05) is 6.61 Å². The molecule has 1 N–H and O–H groups in total. The van der Waals surface area contributed by atoms with Crippen molar-refractivity contribution < 1.29 is 14.3 Å². The van der Waals surface area contributed by atoms with E-state index in [-0.39, 0.29) is 17.2 Å². The molecule has 0 unspecified atom stereocenters. The van der Waals surface area contributed by atoms with E-state index in [1.165, 1.54) is 0 Å². The normalized spacial score (nSPS) is 27.1. The van der Waals surface area contributed by atoms with Gasteiger partial charge in [-0.3, -0.25) is 0 Å². The fourth-order valence-electron chi connectivity index (χ4n) is 2.12. The summed E-state index contributed by atoms with van der Waals surface area (Å²) < 4.78 is 12.2. The maximum absolute atomic E-state index is 10.2. The molecule has 0 aromatic carbocycles. The van der Waals surface area contributed by atoms with Gasteiger partial charge in [-0.1, -0.05) is 26.8 Å². The Labute approximate surface area is 119 Å². The third-order valence-corrected chi connectivity index (χ3v) is 8.85. The molecule has 1 saturated heterocycles. The van der Waals surface area contributed by atoms with Crippen LogP contribution in [0.25, 0.3) is 0 Å². The summed E-state index contributed by atoms with van der Waals surface area (Å²) in [6, 6.07) is 0. The van der Waals surface area contributed by atoms with Crippen molar-refractivity contribution in [1.82, 2.24) is 0 Å². The largest absolute Gasteiger partial charge is 0.411 e. The van der Waals surface area contributed by atoms with Crippen molar-refractivity contribution in [3.63, 3.8) is 0 Å². The summed E-state index contributed by atoms with van der Waals surface area (Å²) in [6.45, 7) is 15.6. The number of aliphatic hydroxyl groups excluding tert-OH is 1. The van der Waals surface area contributed by atoms with E-state index in [4.69, 9.17) is 9.16 Å². The molecule has 4 heteroatoms. The maximum Gasteiger partial charge on any atom is 0.192 e. The molecule has 1 fully saturated rings. The lowest BCUT2D eigenvalue weighted by Crippen LogP contribution is -2.52. The molecule has 0 aromatic heterocycles. The van der Waals surface area contributed by atoms with Crippen LogP contribution < -0.4 is 0 Å². The van der Waals surface area contributed by atoms with E-state index < -0.39 is 14.4 Å². The standard InChI is InChI=1S/C15H30O3Si/c1-7-9-12(16)14-13(10-8-11-17-14)18-19(5,6)15(2,3)4/h7,12-14,16H,1,8-11H2,2-6H3/t12-,13-,14+/m0/s1. The van der Waals surface area contributed by atoms with Gasteiger partial charge in [-0.2, -0.15) is 0 Å². The van der Waals surface area contributed by atoms with Gasteiger partial charge < -0.3 is 14.3 Å². The van der Waals surface area contributed by atoms with Crippen molar-refractivity contribution in [3.8, 4) is 0 Å². The lowest BCUT2D eigenvalue weighted by Gasteiger charge is -2.43. The SMILES string of the molecule is C=CC[C@H](O)[C@H]1OCCC[C@@H]1O[Si](C)(C)C(C)(C)C. The van der Waals surface area contributed by atoms with Gasteiger partial charge in [0.1, 0.15) is 6.10 Å². The molecule has 1 rings (SSSR count). The minimum Gasteiger partial charge on any atom is -0.411 e. The van der Waals surface area contributed by atoms with Crippen LogP contribution in [-0.4, -0.2) is 38.3 Å². The van der Waals surface area contributed by atoms with Crippen LogP contribution in [0.2, 0.25) is 18.1 Å². The van der Waals surface area contributed by atoms with E-state index in [1.54, 1.807) is 6.08 Å². The van der Waals surface area contributed by atoms with E-state index in [2.05, 4.69) is 40.4 Å². The molecule has 0 aromatic rings. The number of hydrogen-bond donors (Lipinski definition) is 1. The molecular weight excluding hydrogens is 256 g/mol. The highest BCUT2D eigenvalue weighted by molar-refractivity contribution is 6.74. The summed E-state index contributed by atoms with van der Waals surface area (Å²) in [5, 5.41) is 10.4. The molecule has 0 spiro atoms. The number of aliphatic hydroxyl groups is 1. The van der Waals surface area contributed by atoms with Crippen LogP contribution in [0.5, 0.6) is 0 Å². The monoisotopic (exact) mass is 286 g/mol. The molecule has 1 heterocycles. The minimum absolute atomic E-state index is 0.0181. The van der Waals surface area contributed by atoms with Crippen LogP contribution in [0, 0.1) is 0 Å². The Kier molecular flexibility index (Phi) is 5.80. The second-order valence-corrected chi connectivity index (χ2v) is 11.7. The molecule has 0 amide bonds. The molecule has 0 aliphatic carbocycles. The molecule has 112 valence electrons. The minimum atomic E-state index is -1.82. The Morgan fingerprint density at radius 1 is 1.47 bits per heavy atom. The molecule has 3 atom stereocenters. The van der Waals surface area contributed by atoms with Crippen LogP contribution in [0.4, 0.5) is 0 Å². The fraction of sp³-hybridized carbons (Fsp3) is 0.867. The first kappa shape index (κ1) is 16.9. The molecule has 0 bridgehead atoms. The molecule has 0 radical (unpaired) electrons. The quantitative estimate of drug-likeness (QED) is 0.621. The fourth-order valence-corrected chi connectivity index (χ4v) is 3.48. The van der Waals surface area contributed by atoms with Crippen LogP contribution in [0.1, 0.15) is 40.0 Å². The van der Waals surface area contributed by atoms with E-state index in [1.807, 2.05) is 0 Å². The predicted molar refractivity (Wildman–Crippen MR) is 81.9 cm³/mol. The summed E-state index contributed by atoms with van der Waals surface area (Å²) in [4.78, 5) is 0. The van der Waals surface area contributed by atoms with Gasteiger partial charge in [0.05, 0.1) is 12.2 Å². The van der Waals surface area contributed by atoms with E-state index in [0.29, 0.717) is 6.42 Å². The Balaban J connectivity index is 2.75. The van der Waals surface area contributed by atoms with Gasteiger partial charge in [0, 0.05) is 6.61 Å². The molecule has 19 heavy (non-hydrogen) atoms. The Morgan fingerprint density at radius 2 is 2.11 bits per heavy atom. The third-order valence-electron chi connectivity index (χ3n) is 4.35. The summed E-state index contributed by atoms with van der Waals surface area (Å²) in [7, 11) is -1.82. The van der Waals surface area contributed by atoms with Crippen molar-refractivity contribution in [2.24, 2.45) is 0 Å². The third kappa shape index (κ3) is 4.41. The van der Waals surface area contributed by atoms with E-state index in [0.717, 1.165) is 19.4 Å². The highest BCUT2D eigenvalue weighted by atomic mass is 28.4. The topological polar surface area (TPSA) is 38.7 Å². The zero-order valence-electron chi connectivity index (χ0n) is 13.1. The molecule has 0 saturated carbocycles. The smallest absolute Gasteiger partial charge is 0.192 e. The van der Waals surface area contributed by atoms with Gasteiger partial charge in [-0.25, -0.2) is 0 Å². The van der Waals surface area contributed by atoms with Crippen LogP contribution >= 0.6 is 0 Å². The predicted octanol–water partition coefficient (Wildman–Crippen LogP) is 3.49. The first-order chi connectivity index (χ1) is 8.69. The van der Waals surface area contributed by atoms with E-state index in [9.17, 15) is 5.11 Å². The average molecular weight is 286 g/mol. The average Bonchev–Trinajstić information content (AvgIpc) is 2.28. The van der Waals surface area contributed by atoms with E-state index >= 15 is 0 Å². The lowest BCUT2D eigenvalue weighted by atomic mass is 9.99. The van der Waals surface area contributed by atoms with Gasteiger partial charge in [-0.15, -0.1) is 6.58 Å². The number of hydrogen-bond acceptors (Lipinski definition) is 3. The maximum atomic E-state index is 10.2. The van der Waals surface area contributed by atoms with Crippen molar-refractivity contribution in [2.45, 2.75) is 76.5 Å². The van der Waals surface area contributed by atoms with Gasteiger partial charge in [-0.05, 0) is 37.4 Å². The molecular formula is C15H30O3Si. The first-order valence-corrected chi connectivity index (χ1v) is 10.2. The van der Waals surface area contributed by atoms with Gasteiger partial charge in [0.2, 0.25) is 0 Å². The van der Waals surface area contributed by atoms with Crippen molar-refractivity contribution >= 4 is 8.32 Å². The second kappa shape index (κ2) is 6.53.